The van der Waals surface area contributed by atoms with E-state index in [1.165, 1.54) is 31.4 Å². The van der Waals surface area contributed by atoms with Crippen LogP contribution >= 0.6 is 0 Å². The molecule has 3 atom stereocenters. The average Bonchev–Trinajstić information content (AvgIpc) is 3.19. The van der Waals surface area contributed by atoms with Crippen molar-refractivity contribution >= 4 is 11.9 Å². The number of hydrogen-bond acceptors (Lipinski definition) is 4. The van der Waals surface area contributed by atoms with E-state index in [1.54, 1.807) is 12.1 Å². The molecule has 0 amide bonds. The zero-order valence-corrected chi connectivity index (χ0v) is 20.1. The lowest BCUT2D eigenvalue weighted by molar-refractivity contribution is -0.148. The predicted molar refractivity (Wildman–Crippen MR) is 132 cm³/mol. The number of nitriles is 2. The number of Topliss-reactive ketones (excluding diaryl/α,β-unsaturated/α-hetero) is 1. The highest BCUT2D eigenvalue weighted by Crippen LogP contribution is 2.65. The van der Waals surface area contributed by atoms with Gasteiger partial charge in [0.2, 0.25) is 0 Å². The van der Waals surface area contributed by atoms with Crippen LogP contribution in [0.5, 0.6) is 0 Å². The molecule has 2 aromatic rings. The SMILES string of the molecule is N#CC1(C#N)[C@@H](c2ccc(F)cc2)[C@H](C(=O)C23CC4CC(CC(C4)C2)C3)N2C=Cc3ccccc3[C@@H]21. The van der Waals surface area contributed by atoms with Gasteiger partial charge in [-0.2, -0.15) is 10.5 Å². The first-order valence-electron chi connectivity index (χ1n) is 13.1. The van der Waals surface area contributed by atoms with E-state index in [1.807, 2.05) is 41.4 Å². The summed E-state index contributed by atoms with van der Waals surface area (Å²) >= 11 is 0. The van der Waals surface area contributed by atoms with E-state index in [-0.39, 0.29) is 17.0 Å². The van der Waals surface area contributed by atoms with Crippen molar-refractivity contribution < 1.29 is 9.18 Å². The van der Waals surface area contributed by atoms with Crippen LogP contribution in [0.1, 0.15) is 67.2 Å². The third-order valence-corrected chi connectivity index (χ3v) is 10.0. The molecule has 4 bridgehead atoms. The Morgan fingerprint density at radius 2 is 1.53 bits per heavy atom. The lowest BCUT2D eigenvalue weighted by Gasteiger charge is -2.57. The van der Waals surface area contributed by atoms with E-state index in [4.69, 9.17) is 0 Å². The molecule has 1 saturated heterocycles. The second-order valence-electron chi connectivity index (χ2n) is 11.9. The Hall–Kier alpha value is -3.44. The van der Waals surface area contributed by atoms with Crippen LogP contribution in [-0.4, -0.2) is 16.7 Å². The second kappa shape index (κ2) is 7.53. The molecular weight excluding hydrogens is 449 g/mol. The van der Waals surface area contributed by atoms with Crippen molar-refractivity contribution in [3.05, 3.63) is 77.2 Å². The number of benzene rings is 2. The molecule has 2 aromatic carbocycles. The molecule has 0 unspecified atom stereocenters. The molecule has 6 aliphatic rings. The van der Waals surface area contributed by atoms with Crippen molar-refractivity contribution in [2.75, 3.05) is 0 Å². The van der Waals surface area contributed by atoms with Gasteiger partial charge in [-0.3, -0.25) is 4.79 Å². The van der Waals surface area contributed by atoms with Gasteiger partial charge in [0.05, 0.1) is 24.2 Å². The Kier molecular flexibility index (Phi) is 4.56. The molecule has 2 aliphatic heterocycles. The second-order valence-corrected chi connectivity index (χ2v) is 11.9. The number of hydrogen-bond donors (Lipinski definition) is 0. The van der Waals surface area contributed by atoms with Gasteiger partial charge < -0.3 is 4.90 Å². The molecule has 0 spiro atoms. The summed E-state index contributed by atoms with van der Waals surface area (Å²) in [7, 11) is 0. The van der Waals surface area contributed by atoms with Gasteiger partial charge in [0, 0.05) is 17.5 Å². The quantitative estimate of drug-likeness (QED) is 0.533. The van der Waals surface area contributed by atoms with E-state index in [2.05, 4.69) is 12.1 Å². The summed E-state index contributed by atoms with van der Waals surface area (Å²) in [6.45, 7) is 0. The number of carbonyl (C=O) groups excluding carboxylic acids is 1. The Balaban J connectivity index is 1.43. The molecule has 0 aromatic heterocycles. The normalized spacial score (nSPS) is 36.6. The van der Waals surface area contributed by atoms with Crippen molar-refractivity contribution in [3.63, 3.8) is 0 Å². The van der Waals surface area contributed by atoms with Crippen LogP contribution in [0.2, 0.25) is 0 Å². The van der Waals surface area contributed by atoms with Gasteiger partial charge in [-0.15, -0.1) is 0 Å². The summed E-state index contributed by atoms with van der Waals surface area (Å²) in [4.78, 5) is 16.9. The molecule has 4 aliphatic carbocycles. The van der Waals surface area contributed by atoms with E-state index in [0.717, 1.165) is 30.4 Å². The first-order valence-corrected chi connectivity index (χ1v) is 13.1. The van der Waals surface area contributed by atoms with Gasteiger partial charge in [0.25, 0.3) is 0 Å². The molecule has 5 fully saturated rings. The van der Waals surface area contributed by atoms with E-state index >= 15 is 0 Å². The lowest BCUT2D eigenvalue weighted by atomic mass is 9.47. The zero-order chi connectivity index (χ0) is 24.7. The molecule has 36 heavy (non-hydrogen) atoms. The Bertz CT molecular complexity index is 1310. The smallest absolute Gasteiger partial charge is 0.177 e. The molecule has 2 heterocycles. The maximum absolute atomic E-state index is 14.9. The van der Waals surface area contributed by atoms with E-state index < -0.39 is 23.4 Å². The molecular formula is C31H28FN3O. The third kappa shape index (κ3) is 2.81. The molecule has 5 heteroatoms. The number of fused-ring (bicyclic) bond motifs is 3. The van der Waals surface area contributed by atoms with Gasteiger partial charge in [0.15, 0.2) is 11.2 Å². The number of nitrogens with zero attached hydrogens (tertiary/aromatic N) is 3. The minimum absolute atomic E-state index is 0.192. The van der Waals surface area contributed by atoms with Crippen LogP contribution in [0.25, 0.3) is 6.08 Å². The maximum atomic E-state index is 14.9. The largest absolute Gasteiger partial charge is 0.357 e. The Morgan fingerprint density at radius 3 is 2.14 bits per heavy atom. The summed E-state index contributed by atoms with van der Waals surface area (Å²) in [5.74, 6) is 0.970. The topological polar surface area (TPSA) is 67.9 Å². The molecule has 0 radical (unpaired) electrons. The van der Waals surface area contributed by atoms with Crippen molar-refractivity contribution in [2.24, 2.45) is 28.6 Å². The van der Waals surface area contributed by atoms with E-state index in [0.29, 0.717) is 23.3 Å². The van der Waals surface area contributed by atoms with Crippen molar-refractivity contribution in [3.8, 4) is 12.1 Å². The van der Waals surface area contributed by atoms with Crippen molar-refractivity contribution in [1.82, 2.24) is 4.90 Å². The fourth-order valence-electron chi connectivity index (χ4n) is 9.06. The number of carbonyl (C=O) groups is 1. The Morgan fingerprint density at radius 1 is 0.917 bits per heavy atom. The number of rotatable bonds is 3. The standard InChI is InChI=1S/C31H28FN3O/c32-24-7-5-23(6-8-24)26-27(29(36)30-14-19-11-20(15-30)13-21(12-19)16-30)35-10-9-22-3-1-2-4-25(22)28(35)31(26,17-33)18-34/h1-10,19-21,26-28H,11-16H2/t19?,20?,21?,26-,27+,28+,30?/m0/s1. The molecule has 0 N–H and O–H groups in total. The molecule has 180 valence electrons. The minimum Gasteiger partial charge on any atom is -0.357 e. The minimum atomic E-state index is -1.48. The van der Waals surface area contributed by atoms with Crippen LogP contribution in [0, 0.1) is 57.1 Å². The summed E-state index contributed by atoms with van der Waals surface area (Å²) in [5, 5.41) is 21.4. The van der Waals surface area contributed by atoms with Gasteiger partial charge in [-0.25, -0.2) is 4.39 Å². The molecule has 4 nitrogen and oxygen atoms in total. The number of halogens is 1. The fraction of sp³-hybridized carbons (Fsp3) is 0.452. The van der Waals surface area contributed by atoms with Crippen molar-refractivity contribution in [1.29, 1.82) is 10.5 Å². The Labute approximate surface area is 211 Å². The van der Waals surface area contributed by atoms with E-state index in [9.17, 15) is 19.7 Å². The highest BCUT2D eigenvalue weighted by atomic mass is 19.1. The fourth-order valence-corrected chi connectivity index (χ4v) is 9.06. The van der Waals surface area contributed by atoms with Gasteiger partial charge >= 0.3 is 0 Å². The van der Waals surface area contributed by atoms with Gasteiger partial charge in [-0.05, 0) is 91.2 Å². The average molecular weight is 478 g/mol. The predicted octanol–water partition coefficient (Wildman–Crippen LogP) is 6.14. The summed E-state index contributed by atoms with van der Waals surface area (Å²) in [5.41, 5.74) is 0.684. The molecule has 4 saturated carbocycles. The third-order valence-electron chi connectivity index (χ3n) is 10.0. The van der Waals surface area contributed by atoms with Crippen LogP contribution < -0.4 is 0 Å². The number of ketones is 1. The highest BCUT2D eigenvalue weighted by Gasteiger charge is 2.67. The summed E-state index contributed by atoms with van der Waals surface area (Å²) in [6.07, 6.45) is 10.4. The van der Waals surface area contributed by atoms with Crippen LogP contribution in [0.3, 0.4) is 0 Å². The van der Waals surface area contributed by atoms with Gasteiger partial charge in [-0.1, -0.05) is 36.4 Å². The summed E-state index contributed by atoms with van der Waals surface area (Å²) in [6, 6.07) is 17.5. The van der Waals surface area contributed by atoms with Crippen LogP contribution in [0.15, 0.2) is 54.7 Å². The van der Waals surface area contributed by atoms with Crippen LogP contribution in [-0.2, 0) is 4.79 Å². The van der Waals surface area contributed by atoms with Crippen LogP contribution in [0.4, 0.5) is 4.39 Å². The monoisotopic (exact) mass is 477 g/mol. The molecule has 8 rings (SSSR count). The highest BCUT2D eigenvalue weighted by molar-refractivity contribution is 5.92. The first-order chi connectivity index (χ1) is 17.5. The maximum Gasteiger partial charge on any atom is 0.177 e. The first kappa shape index (κ1) is 21.8. The zero-order valence-electron chi connectivity index (χ0n) is 20.1. The lowest BCUT2D eigenvalue weighted by Crippen LogP contribution is -2.55. The van der Waals surface area contributed by atoms with Gasteiger partial charge in [0.1, 0.15) is 5.82 Å². The van der Waals surface area contributed by atoms with Crippen molar-refractivity contribution in [2.45, 2.75) is 56.5 Å². The summed E-state index contributed by atoms with van der Waals surface area (Å²) < 4.78 is 14.0.